The number of aliphatic imine (C=N–C) groups is 1. The van der Waals surface area contributed by atoms with Gasteiger partial charge in [0.15, 0.2) is 0 Å². The molecular formula is C14H14N4O. The van der Waals surface area contributed by atoms with Crippen LogP contribution in [-0.2, 0) is 0 Å². The van der Waals surface area contributed by atoms with Crippen molar-refractivity contribution in [3.63, 3.8) is 0 Å². The highest BCUT2D eigenvalue weighted by atomic mass is 16.5. The Morgan fingerprint density at radius 3 is 2.53 bits per heavy atom. The average Bonchev–Trinajstić information content (AvgIpc) is 2.98. The zero-order chi connectivity index (χ0) is 13.1. The van der Waals surface area contributed by atoms with Crippen molar-refractivity contribution in [2.75, 3.05) is 25.1 Å². The van der Waals surface area contributed by atoms with Gasteiger partial charge in [0.2, 0.25) is 0 Å². The number of amidine groups is 1. The molecule has 0 saturated carbocycles. The molecule has 1 aromatic heterocycles. The summed E-state index contributed by atoms with van der Waals surface area (Å²) in [5.74, 6) is 1.80. The van der Waals surface area contributed by atoms with Crippen LogP contribution in [0.3, 0.4) is 0 Å². The average molecular weight is 254 g/mol. The summed E-state index contributed by atoms with van der Waals surface area (Å²) >= 11 is 0. The van der Waals surface area contributed by atoms with Gasteiger partial charge in [-0.3, -0.25) is 4.99 Å². The summed E-state index contributed by atoms with van der Waals surface area (Å²) in [6.07, 6.45) is 5.14. The summed E-state index contributed by atoms with van der Waals surface area (Å²) in [7, 11) is 1.66. The maximum atomic E-state index is 5.17. The first-order valence-electron chi connectivity index (χ1n) is 6.10. The lowest BCUT2D eigenvalue weighted by Crippen LogP contribution is -2.28. The van der Waals surface area contributed by atoms with Crippen LogP contribution < -0.4 is 9.64 Å². The first kappa shape index (κ1) is 11.6. The number of anilines is 1. The van der Waals surface area contributed by atoms with Crippen LogP contribution >= 0.6 is 0 Å². The molecule has 0 spiro atoms. The van der Waals surface area contributed by atoms with E-state index in [1.807, 2.05) is 24.3 Å². The number of hydrogen-bond donors (Lipinski definition) is 0. The van der Waals surface area contributed by atoms with Crippen LogP contribution in [0.5, 0.6) is 5.75 Å². The van der Waals surface area contributed by atoms with E-state index in [9.17, 15) is 0 Å². The number of ether oxygens (including phenoxy) is 1. The van der Waals surface area contributed by atoms with Crippen LogP contribution in [0.2, 0.25) is 0 Å². The minimum absolute atomic E-state index is 0.788. The molecule has 19 heavy (non-hydrogen) atoms. The van der Waals surface area contributed by atoms with E-state index < -0.39 is 0 Å². The van der Waals surface area contributed by atoms with E-state index >= 15 is 0 Å². The molecule has 1 aliphatic rings. The third-order valence-corrected chi connectivity index (χ3v) is 3.05. The third kappa shape index (κ3) is 2.27. The van der Waals surface area contributed by atoms with E-state index in [2.05, 4.69) is 19.9 Å². The summed E-state index contributed by atoms with van der Waals surface area (Å²) in [6.45, 7) is 1.64. The molecule has 0 aliphatic carbocycles. The van der Waals surface area contributed by atoms with Gasteiger partial charge in [-0.15, -0.1) is 0 Å². The monoisotopic (exact) mass is 254 g/mol. The van der Waals surface area contributed by atoms with Crippen molar-refractivity contribution in [3.8, 4) is 5.75 Å². The number of benzene rings is 1. The van der Waals surface area contributed by atoms with Crippen LogP contribution in [0.15, 0.2) is 48.0 Å². The van der Waals surface area contributed by atoms with Crippen molar-refractivity contribution in [3.05, 3.63) is 48.5 Å². The highest BCUT2D eigenvalue weighted by Gasteiger charge is 2.20. The lowest BCUT2D eigenvalue weighted by atomic mass is 10.2. The van der Waals surface area contributed by atoms with Gasteiger partial charge < -0.3 is 9.64 Å². The molecule has 1 aromatic carbocycles. The maximum Gasteiger partial charge on any atom is 0.135 e. The zero-order valence-corrected chi connectivity index (χ0v) is 10.7. The smallest absolute Gasteiger partial charge is 0.135 e. The molecule has 96 valence electrons. The van der Waals surface area contributed by atoms with Gasteiger partial charge in [0.25, 0.3) is 0 Å². The van der Waals surface area contributed by atoms with E-state index in [0.29, 0.717) is 0 Å². The van der Waals surface area contributed by atoms with Gasteiger partial charge in [0, 0.05) is 12.1 Å². The fraction of sp³-hybridized carbons (Fsp3) is 0.214. The Morgan fingerprint density at radius 2 is 1.84 bits per heavy atom. The Morgan fingerprint density at radius 1 is 1.11 bits per heavy atom. The SMILES string of the molecule is COc1ccc(C2=NCCN2c2cncnc2)cc1. The first-order chi connectivity index (χ1) is 9.38. The predicted molar refractivity (Wildman–Crippen MR) is 73.8 cm³/mol. The van der Waals surface area contributed by atoms with Crippen LogP contribution in [0, 0.1) is 0 Å². The lowest BCUT2D eigenvalue weighted by Gasteiger charge is -2.19. The molecule has 5 nitrogen and oxygen atoms in total. The van der Waals surface area contributed by atoms with Crippen LogP contribution in [0.25, 0.3) is 0 Å². The minimum Gasteiger partial charge on any atom is -0.497 e. The molecule has 0 amide bonds. The summed E-state index contributed by atoms with van der Waals surface area (Å²) in [5, 5.41) is 0. The van der Waals surface area contributed by atoms with Crippen LogP contribution in [0.4, 0.5) is 5.69 Å². The molecule has 1 aliphatic heterocycles. The fourth-order valence-corrected chi connectivity index (χ4v) is 2.12. The molecule has 2 heterocycles. The Labute approximate surface area is 111 Å². The highest BCUT2D eigenvalue weighted by molar-refractivity contribution is 6.11. The van der Waals surface area contributed by atoms with Crippen molar-refractivity contribution >= 4 is 11.5 Å². The summed E-state index contributed by atoms with van der Waals surface area (Å²) in [5.41, 5.74) is 2.04. The molecule has 0 saturated heterocycles. The summed E-state index contributed by atoms with van der Waals surface area (Å²) < 4.78 is 5.17. The normalized spacial score (nSPS) is 14.4. The van der Waals surface area contributed by atoms with E-state index in [4.69, 9.17) is 4.74 Å². The Kier molecular flexibility index (Phi) is 3.10. The molecule has 0 atom stereocenters. The zero-order valence-electron chi connectivity index (χ0n) is 10.7. The number of methoxy groups -OCH3 is 1. The van der Waals surface area contributed by atoms with Gasteiger partial charge in [-0.2, -0.15) is 0 Å². The van der Waals surface area contributed by atoms with Crippen molar-refractivity contribution in [2.45, 2.75) is 0 Å². The van der Waals surface area contributed by atoms with Crippen molar-refractivity contribution < 1.29 is 4.74 Å². The largest absolute Gasteiger partial charge is 0.497 e. The molecule has 0 fully saturated rings. The fourth-order valence-electron chi connectivity index (χ4n) is 2.12. The van der Waals surface area contributed by atoms with E-state index in [1.54, 1.807) is 19.5 Å². The predicted octanol–water partition coefficient (Wildman–Crippen LogP) is 1.75. The van der Waals surface area contributed by atoms with E-state index in [0.717, 1.165) is 35.9 Å². The van der Waals surface area contributed by atoms with Crippen molar-refractivity contribution in [1.29, 1.82) is 0 Å². The summed E-state index contributed by atoms with van der Waals surface area (Å²) in [6, 6.07) is 7.91. The van der Waals surface area contributed by atoms with Crippen molar-refractivity contribution in [1.82, 2.24) is 9.97 Å². The highest BCUT2D eigenvalue weighted by Crippen LogP contribution is 2.20. The topological polar surface area (TPSA) is 50.6 Å². The third-order valence-electron chi connectivity index (χ3n) is 3.05. The second kappa shape index (κ2) is 5.06. The van der Waals surface area contributed by atoms with Gasteiger partial charge in [-0.05, 0) is 24.3 Å². The van der Waals surface area contributed by atoms with Gasteiger partial charge in [0.1, 0.15) is 17.9 Å². The molecule has 2 aromatic rings. The molecule has 0 bridgehead atoms. The van der Waals surface area contributed by atoms with Crippen LogP contribution in [0.1, 0.15) is 5.56 Å². The molecule has 0 unspecified atom stereocenters. The second-order valence-corrected chi connectivity index (χ2v) is 4.18. The number of aromatic nitrogens is 2. The molecule has 0 N–H and O–H groups in total. The quantitative estimate of drug-likeness (QED) is 0.837. The summed E-state index contributed by atoms with van der Waals surface area (Å²) in [4.78, 5) is 14.8. The van der Waals surface area contributed by atoms with E-state index in [-0.39, 0.29) is 0 Å². The maximum absolute atomic E-state index is 5.17. The molecular weight excluding hydrogens is 240 g/mol. The Balaban J connectivity index is 1.90. The molecule has 3 rings (SSSR count). The van der Waals surface area contributed by atoms with Crippen molar-refractivity contribution in [2.24, 2.45) is 4.99 Å². The Hall–Kier alpha value is -2.43. The van der Waals surface area contributed by atoms with Gasteiger partial charge >= 0.3 is 0 Å². The van der Waals surface area contributed by atoms with E-state index in [1.165, 1.54) is 6.33 Å². The standard InChI is InChI=1S/C14H14N4O/c1-19-13-4-2-11(3-5-13)14-17-6-7-18(14)12-8-15-10-16-9-12/h2-5,8-10H,6-7H2,1H3. The van der Waals surface area contributed by atoms with Crippen LogP contribution in [-0.4, -0.2) is 36.0 Å². The number of hydrogen-bond acceptors (Lipinski definition) is 5. The minimum atomic E-state index is 0.788. The first-order valence-corrected chi connectivity index (χ1v) is 6.10. The number of rotatable bonds is 3. The van der Waals surface area contributed by atoms with Gasteiger partial charge in [0.05, 0.1) is 31.7 Å². The number of nitrogens with zero attached hydrogens (tertiary/aromatic N) is 4. The molecule has 5 heteroatoms. The van der Waals surface area contributed by atoms with Gasteiger partial charge in [-0.25, -0.2) is 9.97 Å². The Bertz CT molecular complexity index is 580. The van der Waals surface area contributed by atoms with Gasteiger partial charge in [-0.1, -0.05) is 0 Å². The second-order valence-electron chi connectivity index (χ2n) is 4.18. The lowest BCUT2D eigenvalue weighted by molar-refractivity contribution is 0.415. The molecule has 0 radical (unpaired) electrons.